The maximum Gasteiger partial charge on any atom is 0.0945 e. The molecule has 2 nitrogen and oxygen atoms in total. The number of ether oxygens (including phenoxy) is 2. The molecule has 0 aliphatic heterocycles. The second-order valence-electron chi connectivity index (χ2n) is 6.62. The van der Waals surface area contributed by atoms with Gasteiger partial charge in [-0.2, -0.15) is 0 Å². The second-order valence-corrected chi connectivity index (χ2v) is 6.62. The average molecular weight is 270 g/mol. The van der Waals surface area contributed by atoms with Gasteiger partial charge in [-0.25, -0.2) is 0 Å². The minimum absolute atomic E-state index is 0.0178. The number of rotatable bonds is 11. The molecule has 0 atom stereocenters. The van der Waals surface area contributed by atoms with Crippen molar-refractivity contribution in [1.82, 2.24) is 0 Å². The minimum Gasteiger partial charge on any atom is -0.498 e. The van der Waals surface area contributed by atoms with Gasteiger partial charge in [0, 0.05) is 12.0 Å². The van der Waals surface area contributed by atoms with Gasteiger partial charge in [-0.05, 0) is 33.1 Å². The quantitative estimate of drug-likeness (QED) is 0.373. The van der Waals surface area contributed by atoms with Gasteiger partial charge in [0.1, 0.15) is 0 Å². The molecule has 0 spiro atoms. The van der Waals surface area contributed by atoms with Gasteiger partial charge in [-0.1, -0.05) is 47.1 Å². The molecule has 114 valence electrons. The first kappa shape index (κ1) is 18.5. The lowest BCUT2D eigenvalue weighted by Crippen LogP contribution is -2.27. The first-order valence-electron chi connectivity index (χ1n) is 7.71. The minimum atomic E-state index is -0.0186. The predicted molar refractivity (Wildman–Crippen MR) is 83.3 cm³/mol. The van der Waals surface area contributed by atoms with E-state index in [2.05, 4.69) is 48.1 Å². The highest BCUT2D eigenvalue weighted by Gasteiger charge is 2.25. The zero-order valence-corrected chi connectivity index (χ0v) is 14.0. The van der Waals surface area contributed by atoms with Crippen LogP contribution in [0.3, 0.4) is 0 Å². The van der Waals surface area contributed by atoms with Gasteiger partial charge in [-0.15, -0.1) is 0 Å². The third-order valence-electron chi connectivity index (χ3n) is 3.60. The SMILES string of the molecule is C=C(OCCCC)C(C)(C)CCOC(C)(C)CCC. The van der Waals surface area contributed by atoms with Crippen molar-refractivity contribution in [3.05, 3.63) is 12.3 Å². The van der Waals surface area contributed by atoms with E-state index in [1.54, 1.807) is 0 Å². The van der Waals surface area contributed by atoms with Crippen molar-refractivity contribution >= 4 is 0 Å². The third-order valence-corrected chi connectivity index (χ3v) is 3.60. The molecule has 0 aromatic rings. The number of hydrogen-bond acceptors (Lipinski definition) is 2. The molecule has 0 aromatic heterocycles. The summed E-state index contributed by atoms with van der Waals surface area (Å²) in [4.78, 5) is 0. The maximum absolute atomic E-state index is 5.98. The highest BCUT2D eigenvalue weighted by atomic mass is 16.5. The molecule has 0 unspecified atom stereocenters. The van der Waals surface area contributed by atoms with Crippen LogP contribution in [0.4, 0.5) is 0 Å². The summed E-state index contributed by atoms with van der Waals surface area (Å²) in [5.41, 5.74) is -0.0364. The van der Waals surface area contributed by atoms with E-state index >= 15 is 0 Å². The number of allylic oxidation sites excluding steroid dienone is 1. The monoisotopic (exact) mass is 270 g/mol. The molecule has 0 aromatic carbocycles. The van der Waals surface area contributed by atoms with Gasteiger partial charge in [0.25, 0.3) is 0 Å². The van der Waals surface area contributed by atoms with Crippen LogP contribution >= 0.6 is 0 Å². The van der Waals surface area contributed by atoms with Gasteiger partial charge in [0.15, 0.2) is 0 Å². The van der Waals surface area contributed by atoms with E-state index in [1.165, 1.54) is 0 Å². The fraction of sp³-hybridized carbons (Fsp3) is 0.882. The smallest absolute Gasteiger partial charge is 0.0945 e. The fourth-order valence-electron chi connectivity index (χ4n) is 1.93. The van der Waals surface area contributed by atoms with Gasteiger partial charge in [0.2, 0.25) is 0 Å². The summed E-state index contributed by atoms with van der Waals surface area (Å²) in [6.07, 6.45) is 5.45. The van der Waals surface area contributed by atoms with Gasteiger partial charge in [-0.3, -0.25) is 0 Å². The lowest BCUT2D eigenvalue weighted by molar-refractivity contribution is -0.0360. The van der Waals surface area contributed by atoms with Crippen LogP contribution in [0.5, 0.6) is 0 Å². The van der Waals surface area contributed by atoms with Crippen molar-refractivity contribution in [3.63, 3.8) is 0 Å². The summed E-state index contributed by atoms with van der Waals surface area (Å²) in [5.74, 6) is 0.887. The number of unbranched alkanes of at least 4 members (excludes halogenated alkanes) is 1. The summed E-state index contributed by atoms with van der Waals surface area (Å²) >= 11 is 0. The Kier molecular flexibility index (Phi) is 8.40. The second kappa shape index (κ2) is 8.63. The van der Waals surface area contributed by atoms with E-state index in [4.69, 9.17) is 9.47 Å². The zero-order valence-electron chi connectivity index (χ0n) is 14.0. The predicted octanol–water partition coefficient (Wildman–Crippen LogP) is 5.33. The topological polar surface area (TPSA) is 18.5 Å². The summed E-state index contributed by atoms with van der Waals surface area (Å²) in [6.45, 7) is 18.7. The molecule has 0 rings (SSSR count). The van der Waals surface area contributed by atoms with Crippen LogP contribution in [0.2, 0.25) is 0 Å². The van der Waals surface area contributed by atoms with Gasteiger partial charge >= 0.3 is 0 Å². The van der Waals surface area contributed by atoms with E-state index in [0.29, 0.717) is 0 Å². The highest BCUT2D eigenvalue weighted by Crippen LogP contribution is 2.31. The molecule has 0 aliphatic rings. The average Bonchev–Trinajstić information content (AvgIpc) is 2.28. The van der Waals surface area contributed by atoms with Gasteiger partial charge < -0.3 is 9.47 Å². The Hall–Kier alpha value is -0.500. The Morgan fingerprint density at radius 2 is 1.58 bits per heavy atom. The zero-order chi connectivity index (χ0) is 14.9. The molecule has 2 heteroatoms. The van der Waals surface area contributed by atoms with Crippen molar-refractivity contribution in [3.8, 4) is 0 Å². The van der Waals surface area contributed by atoms with E-state index in [9.17, 15) is 0 Å². The first-order valence-corrected chi connectivity index (χ1v) is 7.71. The fourth-order valence-corrected chi connectivity index (χ4v) is 1.93. The molecule has 0 heterocycles. The van der Waals surface area contributed by atoms with E-state index in [1.807, 2.05) is 0 Å². The summed E-state index contributed by atoms with van der Waals surface area (Å²) in [7, 11) is 0. The molecular formula is C17H34O2. The van der Waals surface area contributed by atoms with E-state index < -0.39 is 0 Å². The van der Waals surface area contributed by atoms with Crippen LogP contribution in [0.1, 0.15) is 73.6 Å². The summed E-state index contributed by atoms with van der Waals surface area (Å²) in [5, 5.41) is 0. The van der Waals surface area contributed by atoms with E-state index in [0.717, 1.165) is 51.1 Å². The van der Waals surface area contributed by atoms with Crippen LogP contribution in [0.25, 0.3) is 0 Å². The molecule has 0 N–H and O–H groups in total. The highest BCUT2D eigenvalue weighted by molar-refractivity contribution is 4.98. The van der Waals surface area contributed by atoms with Crippen LogP contribution in [0, 0.1) is 5.41 Å². The first-order chi connectivity index (χ1) is 8.75. The molecule has 0 saturated carbocycles. The summed E-state index contributed by atoms with van der Waals surface area (Å²) < 4.78 is 11.7. The number of hydrogen-bond donors (Lipinski definition) is 0. The van der Waals surface area contributed by atoms with E-state index in [-0.39, 0.29) is 11.0 Å². The molecule has 0 saturated heterocycles. The molecule has 0 aliphatic carbocycles. The largest absolute Gasteiger partial charge is 0.498 e. The Morgan fingerprint density at radius 3 is 2.11 bits per heavy atom. The summed E-state index contributed by atoms with van der Waals surface area (Å²) in [6, 6.07) is 0. The molecule has 19 heavy (non-hydrogen) atoms. The van der Waals surface area contributed by atoms with Crippen molar-refractivity contribution < 1.29 is 9.47 Å². The maximum atomic E-state index is 5.98. The van der Waals surface area contributed by atoms with Gasteiger partial charge in [0.05, 0.1) is 18.0 Å². The third kappa shape index (κ3) is 8.30. The Morgan fingerprint density at radius 1 is 0.947 bits per heavy atom. The normalized spacial score (nSPS) is 12.5. The Labute approximate surface area is 120 Å². The Balaban J connectivity index is 4.05. The lowest BCUT2D eigenvalue weighted by atomic mass is 9.88. The van der Waals surface area contributed by atoms with Crippen LogP contribution in [-0.2, 0) is 9.47 Å². The molecule has 0 fully saturated rings. The molecule has 0 amide bonds. The van der Waals surface area contributed by atoms with Crippen molar-refractivity contribution in [2.45, 2.75) is 79.2 Å². The van der Waals surface area contributed by atoms with Crippen LogP contribution in [0.15, 0.2) is 12.3 Å². The molecule has 0 bridgehead atoms. The van der Waals surface area contributed by atoms with Crippen molar-refractivity contribution in [2.75, 3.05) is 13.2 Å². The van der Waals surface area contributed by atoms with Crippen LogP contribution < -0.4 is 0 Å². The molecule has 0 radical (unpaired) electrons. The van der Waals surface area contributed by atoms with Crippen molar-refractivity contribution in [2.24, 2.45) is 5.41 Å². The lowest BCUT2D eigenvalue weighted by Gasteiger charge is -2.30. The Bertz CT molecular complexity index is 254. The van der Waals surface area contributed by atoms with Crippen molar-refractivity contribution in [1.29, 1.82) is 0 Å². The van der Waals surface area contributed by atoms with Crippen LogP contribution in [-0.4, -0.2) is 18.8 Å². The standard InChI is InChI=1S/C17H34O2/c1-8-10-13-18-15(3)16(4,5)12-14-19-17(6,7)11-9-2/h3,8-14H2,1-2,4-7H3. The molecular weight excluding hydrogens is 236 g/mol.